The molecule has 0 aliphatic carbocycles. The number of anilines is 1. The second kappa shape index (κ2) is 18.0. The van der Waals surface area contributed by atoms with Gasteiger partial charge in [-0.05, 0) is 60.4 Å². The Morgan fingerprint density at radius 3 is 2.17 bits per heavy atom. The maximum atomic E-state index is 15.2. The Labute approximate surface area is 297 Å². The van der Waals surface area contributed by atoms with Crippen molar-refractivity contribution in [3.05, 3.63) is 95.1 Å². The molecule has 1 saturated heterocycles. The normalized spacial score (nSPS) is 17.2. The first-order valence-electron chi connectivity index (χ1n) is 15.9. The molecule has 4 atom stereocenters. The van der Waals surface area contributed by atoms with E-state index in [0.717, 1.165) is 37.4 Å². The number of carbonyl (C=O) groups excluding carboxylic acids is 3. The predicted octanol–water partition coefficient (Wildman–Crippen LogP) is 5.94. The molecule has 0 aromatic heterocycles. The Kier molecular flexibility index (Phi) is 13.8. The van der Waals surface area contributed by atoms with E-state index in [0.29, 0.717) is 0 Å². The molecule has 4 N–H and O–H groups in total. The van der Waals surface area contributed by atoms with Gasteiger partial charge in [-0.1, -0.05) is 30.3 Å². The molecule has 19 heteroatoms. The summed E-state index contributed by atoms with van der Waals surface area (Å²) in [7, 11) is 1.04. The van der Waals surface area contributed by atoms with E-state index in [9.17, 15) is 45.1 Å². The third-order valence-corrected chi connectivity index (χ3v) is 7.89. The van der Waals surface area contributed by atoms with Crippen LogP contribution in [0, 0.1) is 11.6 Å². The maximum Gasteiger partial charge on any atom is 0.573 e. The zero-order valence-electron chi connectivity index (χ0n) is 27.8. The van der Waals surface area contributed by atoms with Gasteiger partial charge in [-0.3, -0.25) is 4.79 Å². The maximum absolute atomic E-state index is 15.2. The third-order valence-electron chi connectivity index (χ3n) is 7.89. The van der Waals surface area contributed by atoms with E-state index in [1.807, 2.05) is 0 Å². The Balaban J connectivity index is 1.48. The fourth-order valence-corrected chi connectivity index (χ4v) is 5.42. The Hall–Kier alpha value is -5.17. The van der Waals surface area contributed by atoms with Gasteiger partial charge in [-0.2, -0.15) is 13.2 Å². The summed E-state index contributed by atoms with van der Waals surface area (Å²) in [6.07, 6.45) is -12.1. The minimum Gasteiger partial charge on any atom is -0.453 e. The fraction of sp³-hybridized carbons (Fsp3) is 0.382. The number of hydrogen-bond acceptors (Lipinski definition) is 8. The number of benzene rings is 3. The van der Waals surface area contributed by atoms with Crippen molar-refractivity contribution in [1.29, 1.82) is 0 Å². The highest BCUT2D eigenvalue weighted by Gasteiger charge is 2.35. The molecule has 0 bridgehead atoms. The highest BCUT2D eigenvalue weighted by molar-refractivity contribution is 5.98. The van der Waals surface area contributed by atoms with E-state index in [1.54, 1.807) is 5.32 Å². The molecule has 11 nitrogen and oxygen atoms in total. The average molecular weight is 763 g/mol. The molecular weight excluding hydrogens is 728 g/mol. The van der Waals surface area contributed by atoms with E-state index in [2.05, 4.69) is 20.7 Å². The molecule has 0 spiro atoms. The van der Waals surface area contributed by atoms with Crippen LogP contribution in [0.5, 0.6) is 5.75 Å². The molecular formula is C34H34F8N4O7. The molecule has 1 heterocycles. The lowest BCUT2D eigenvalue weighted by Gasteiger charge is -2.30. The lowest BCUT2D eigenvalue weighted by molar-refractivity contribution is -0.274. The van der Waals surface area contributed by atoms with Crippen LogP contribution in [0.15, 0.2) is 66.7 Å². The summed E-state index contributed by atoms with van der Waals surface area (Å²) in [5.41, 5.74) is 0.590. The van der Waals surface area contributed by atoms with Gasteiger partial charge in [-0.15, -0.1) is 13.2 Å². The van der Waals surface area contributed by atoms with Crippen LogP contribution in [-0.4, -0.2) is 82.2 Å². The Morgan fingerprint density at radius 1 is 0.925 bits per heavy atom. The molecule has 3 aromatic carbocycles. The number of hydrogen-bond donors (Lipinski definition) is 4. The van der Waals surface area contributed by atoms with Crippen LogP contribution in [0.3, 0.4) is 0 Å². The molecule has 0 radical (unpaired) electrons. The summed E-state index contributed by atoms with van der Waals surface area (Å²) < 4.78 is 124. The summed E-state index contributed by atoms with van der Waals surface area (Å²) in [6, 6.07) is 11.2. The van der Waals surface area contributed by atoms with Crippen LogP contribution >= 0.6 is 0 Å². The fourth-order valence-electron chi connectivity index (χ4n) is 5.42. The quantitative estimate of drug-likeness (QED) is 0.157. The van der Waals surface area contributed by atoms with Crippen LogP contribution < -0.4 is 26.0 Å². The van der Waals surface area contributed by atoms with E-state index in [4.69, 9.17) is 14.2 Å². The number of carbonyl (C=O) groups is 3. The van der Waals surface area contributed by atoms with Gasteiger partial charge < -0.3 is 40.2 Å². The van der Waals surface area contributed by atoms with Gasteiger partial charge >= 0.3 is 24.7 Å². The number of methoxy groups -OCH3 is 1. The molecule has 3 aromatic rings. The summed E-state index contributed by atoms with van der Waals surface area (Å²) >= 11 is 0. The van der Waals surface area contributed by atoms with E-state index in [-0.39, 0.29) is 55.0 Å². The van der Waals surface area contributed by atoms with Crippen molar-refractivity contribution in [2.24, 2.45) is 0 Å². The number of amides is 3. The second-order valence-electron chi connectivity index (χ2n) is 11.7. The van der Waals surface area contributed by atoms with Crippen LogP contribution in [0.25, 0.3) is 0 Å². The molecule has 4 rings (SSSR count). The van der Waals surface area contributed by atoms with Crippen LogP contribution in [-0.2, 0) is 25.4 Å². The van der Waals surface area contributed by atoms with Crippen molar-refractivity contribution in [3.8, 4) is 5.75 Å². The van der Waals surface area contributed by atoms with Crippen LogP contribution in [0.1, 0.15) is 29.0 Å². The van der Waals surface area contributed by atoms with E-state index in [1.165, 1.54) is 36.4 Å². The minimum atomic E-state index is -4.98. The minimum absolute atomic E-state index is 0.0209. The number of nitrogens with one attached hydrogen (secondary N) is 4. The molecule has 0 saturated carbocycles. The number of halogens is 8. The van der Waals surface area contributed by atoms with Crippen molar-refractivity contribution in [2.45, 2.75) is 49.5 Å². The number of alkyl halides is 6. The molecule has 53 heavy (non-hydrogen) atoms. The van der Waals surface area contributed by atoms with Crippen LogP contribution in [0.2, 0.25) is 0 Å². The van der Waals surface area contributed by atoms with Gasteiger partial charge in [-0.25, -0.2) is 18.4 Å². The van der Waals surface area contributed by atoms with Crippen molar-refractivity contribution >= 4 is 23.8 Å². The lowest BCUT2D eigenvalue weighted by Crippen LogP contribution is -2.49. The first-order valence-corrected chi connectivity index (χ1v) is 15.9. The average Bonchev–Trinajstić information content (AvgIpc) is 3.10. The van der Waals surface area contributed by atoms with Gasteiger partial charge in [0.05, 0.1) is 25.9 Å². The molecule has 0 unspecified atom stereocenters. The van der Waals surface area contributed by atoms with Gasteiger partial charge in [0.2, 0.25) is 5.91 Å². The third kappa shape index (κ3) is 12.8. The zero-order valence-corrected chi connectivity index (χ0v) is 27.8. The van der Waals surface area contributed by atoms with Gasteiger partial charge in [0.1, 0.15) is 36.6 Å². The first kappa shape index (κ1) is 40.6. The van der Waals surface area contributed by atoms with E-state index < -0.39 is 78.7 Å². The van der Waals surface area contributed by atoms with E-state index >= 15 is 4.39 Å². The topological polar surface area (TPSA) is 136 Å². The number of rotatable bonds is 13. The summed E-state index contributed by atoms with van der Waals surface area (Å²) in [4.78, 5) is 38.0. The van der Waals surface area contributed by atoms with Gasteiger partial charge in [0.15, 0.2) is 0 Å². The van der Waals surface area contributed by atoms with Crippen molar-refractivity contribution in [1.82, 2.24) is 16.0 Å². The highest BCUT2D eigenvalue weighted by atomic mass is 19.4. The lowest BCUT2D eigenvalue weighted by atomic mass is 9.84. The largest absolute Gasteiger partial charge is 0.573 e. The monoisotopic (exact) mass is 762 g/mol. The SMILES string of the molecule is COC(=O)N[C@H](C(=O)Nc1cccc(F)c1CC[C@@H]1CN[C@H](COC(=O)NCC(F)(F)F)CO1)[C@@H](c1ccc(F)cc1)c1ccc(OC(F)(F)F)cc1. The number of ether oxygens (including phenoxy) is 4. The molecule has 1 fully saturated rings. The summed E-state index contributed by atoms with van der Waals surface area (Å²) in [5, 5.41) is 9.66. The number of morpholine rings is 1. The molecule has 1 aliphatic heterocycles. The highest BCUT2D eigenvalue weighted by Crippen LogP contribution is 2.33. The summed E-state index contributed by atoms with van der Waals surface area (Å²) in [5.74, 6) is -3.89. The summed E-state index contributed by atoms with van der Waals surface area (Å²) in [6.45, 7) is -1.58. The number of alkyl carbamates (subject to hydrolysis) is 2. The molecule has 288 valence electrons. The Bertz CT molecular complexity index is 1680. The van der Waals surface area contributed by atoms with Crippen molar-refractivity contribution in [2.75, 3.05) is 38.7 Å². The molecule has 1 aliphatic rings. The van der Waals surface area contributed by atoms with Crippen molar-refractivity contribution in [3.63, 3.8) is 0 Å². The first-order chi connectivity index (χ1) is 25.0. The standard InChI is InChI=1S/C34H34F8N4O7/c1-50-32(49)46-29(28(19-5-9-21(35)10-6-19)20-7-11-23(12-8-20)53-34(40,41)42)30(47)45-27-4-2-3-26(36)25(27)14-13-24-15-43-22(16-51-24)17-52-31(48)44-18-33(37,38)39/h2-12,22,24,28-29,43H,13-18H2,1H3,(H,44,48)(H,45,47)(H,46,49)/t22-,24+,28-,29-/m0/s1. The van der Waals surface area contributed by atoms with Gasteiger partial charge in [0, 0.05) is 23.7 Å². The van der Waals surface area contributed by atoms with Crippen LogP contribution in [0.4, 0.5) is 50.4 Å². The van der Waals surface area contributed by atoms with Crippen molar-refractivity contribution < 1.29 is 68.5 Å². The van der Waals surface area contributed by atoms with Gasteiger partial charge in [0.25, 0.3) is 0 Å². The zero-order chi connectivity index (χ0) is 38.8. The second-order valence-corrected chi connectivity index (χ2v) is 11.7. The Morgan fingerprint density at radius 2 is 1.58 bits per heavy atom. The predicted molar refractivity (Wildman–Crippen MR) is 171 cm³/mol. The smallest absolute Gasteiger partial charge is 0.453 e. The molecule has 3 amide bonds.